The summed E-state index contributed by atoms with van der Waals surface area (Å²) in [6.07, 6.45) is -3.11. The minimum Gasteiger partial charge on any atom is -0.386 e. The molecule has 1 aromatic heterocycles. The van der Waals surface area contributed by atoms with Crippen molar-refractivity contribution in [1.29, 1.82) is 0 Å². The molecule has 0 aliphatic carbocycles. The number of nitrogens with two attached hydrogens (primary N) is 1. The molecule has 2 heterocycles. The van der Waals surface area contributed by atoms with Crippen molar-refractivity contribution in [2.24, 2.45) is 0 Å². The number of hydrogen-bond acceptors (Lipinski definition) is 7. The molecular weight excluding hydrogens is 336 g/mol. The fraction of sp³-hybridized carbons (Fsp3) is 0.455. The number of aliphatic hydroxyl groups is 1. The highest BCUT2D eigenvalue weighted by Crippen LogP contribution is 2.44. The maximum absolute atomic E-state index is 15.0. The number of phosphoric acid groups is 1. The topological polar surface area (TPSA) is 157 Å². The van der Waals surface area contributed by atoms with Crippen molar-refractivity contribution < 1.29 is 33.1 Å². The van der Waals surface area contributed by atoms with Crippen LogP contribution in [0.1, 0.15) is 6.23 Å². The van der Waals surface area contributed by atoms with Crippen LogP contribution < -0.4 is 11.4 Å². The number of rotatable bonds is 5. The molecule has 1 saturated heterocycles. The second kappa shape index (κ2) is 6.11. The summed E-state index contributed by atoms with van der Waals surface area (Å²) in [6, 6.07) is 1.22. The van der Waals surface area contributed by atoms with Gasteiger partial charge in [0.25, 0.3) is 0 Å². The van der Waals surface area contributed by atoms with Gasteiger partial charge in [-0.1, -0.05) is 6.58 Å². The predicted octanol–water partition coefficient (Wildman–Crippen LogP) is -0.913. The zero-order valence-electron chi connectivity index (χ0n) is 11.6. The van der Waals surface area contributed by atoms with E-state index in [4.69, 9.17) is 20.3 Å². The molecule has 0 bridgehead atoms. The van der Waals surface area contributed by atoms with Crippen LogP contribution >= 0.6 is 7.82 Å². The number of phosphoric ester groups is 1. The van der Waals surface area contributed by atoms with E-state index in [9.17, 15) is 18.9 Å². The van der Waals surface area contributed by atoms with E-state index in [0.29, 0.717) is 0 Å². The van der Waals surface area contributed by atoms with Crippen molar-refractivity contribution in [1.82, 2.24) is 9.55 Å². The van der Waals surface area contributed by atoms with Crippen molar-refractivity contribution in [2.45, 2.75) is 24.1 Å². The van der Waals surface area contributed by atoms with Crippen molar-refractivity contribution in [3.63, 3.8) is 0 Å². The Labute approximate surface area is 129 Å². The van der Waals surface area contributed by atoms with E-state index < -0.39 is 44.2 Å². The molecule has 5 N–H and O–H groups in total. The van der Waals surface area contributed by atoms with Crippen LogP contribution in [-0.4, -0.2) is 48.9 Å². The highest BCUT2D eigenvalue weighted by molar-refractivity contribution is 7.46. The van der Waals surface area contributed by atoms with Gasteiger partial charge in [0.2, 0.25) is 5.67 Å². The SMILES string of the molecule is C=C[C@@]1(F)C(O)[C@@H](COP(=O)(O)O)O[C@H]1n1ccc(N)nc1=O. The summed E-state index contributed by atoms with van der Waals surface area (Å²) in [6.45, 7) is 2.47. The highest BCUT2D eigenvalue weighted by atomic mass is 31.2. The predicted molar refractivity (Wildman–Crippen MR) is 74.9 cm³/mol. The number of alkyl halides is 1. The Morgan fingerprint density at radius 1 is 1.65 bits per heavy atom. The van der Waals surface area contributed by atoms with E-state index in [-0.39, 0.29) is 5.82 Å². The Morgan fingerprint density at radius 3 is 2.83 bits per heavy atom. The van der Waals surface area contributed by atoms with Crippen LogP contribution in [0, 0.1) is 0 Å². The molecule has 23 heavy (non-hydrogen) atoms. The largest absolute Gasteiger partial charge is 0.469 e. The lowest BCUT2D eigenvalue weighted by Crippen LogP contribution is -2.43. The average molecular weight is 351 g/mol. The first-order valence-electron chi connectivity index (χ1n) is 6.29. The molecular formula is C11H15FN3O7P. The number of aliphatic hydroxyl groups excluding tert-OH is 1. The van der Waals surface area contributed by atoms with Gasteiger partial charge in [-0.3, -0.25) is 9.09 Å². The summed E-state index contributed by atoms with van der Waals surface area (Å²) in [7, 11) is -4.84. The van der Waals surface area contributed by atoms with E-state index in [2.05, 4.69) is 16.1 Å². The zero-order valence-corrected chi connectivity index (χ0v) is 12.5. The smallest absolute Gasteiger partial charge is 0.386 e. The molecule has 12 heteroatoms. The van der Waals surface area contributed by atoms with E-state index in [1.165, 1.54) is 6.07 Å². The summed E-state index contributed by atoms with van der Waals surface area (Å²) in [5.74, 6) is -0.0887. The molecule has 4 atom stereocenters. The Morgan fingerprint density at radius 2 is 2.30 bits per heavy atom. The standard InChI is InChI=1S/C11H15FN3O7P/c1-2-11(12)8(16)6(5-21-23(18,19)20)22-9(11)15-4-3-7(13)14-10(15)17/h2-4,6,8-9,16H,1,5H2,(H2,13,14,17)(H2,18,19,20)/t6-,8?,9-,11-/m1/s1. The lowest BCUT2D eigenvalue weighted by Gasteiger charge is -2.25. The van der Waals surface area contributed by atoms with Gasteiger partial charge in [-0.15, -0.1) is 0 Å². The fourth-order valence-corrected chi connectivity index (χ4v) is 2.52. The maximum atomic E-state index is 15.0. The summed E-state index contributed by atoms with van der Waals surface area (Å²) < 4.78 is 35.8. The fourth-order valence-electron chi connectivity index (χ4n) is 2.18. The molecule has 1 aliphatic heterocycles. The molecule has 2 rings (SSSR count). The molecule has 0 amide bonds. The first-order chi connectivity index (χ1) is 10.6. The van der Waals surface area contributed by atoms with Crippen LogP contribution in [0.3, 0.4) is 0 Å². The van der Waals surface area contributed by atoms with E-state index in [1.807, 2.05) is 0 Å². The quantitative estimate of drug-likeness (QED) is 0.389. The summed E-state index contributed by atoms with van der Waals surface area (Å²) in [5.41, 5.74) is 1.81. The average Bonchev–Trinajstić information content (AvgIpc) is 2.70. The molecule has 0 saturated carbocycles. The van der Waals surface area contributed by atoms with Gasteiger partial charge >= 0.3 is 13.5 Å². The van der Waals surface area contributed by atoms with Crippen LogP contribution in [0.15, 0.2) is 29.7 Å². The zero-order chi connectivity index (χ0) is 17.4. The third kappa shape index (κ3) is 3.50. The molecule has 1 fully saturated rings. The Kier molecular flexibility index (Phi) is 4.71. The van der Waals surface area contributed by atoms with Crippen LogP contribution in [0.25, 0.3) is 0 Å². The lowest BCUT2D eigenvalue weighted by atomic mass is 9.96. The van der Waals surface area contributed by atoms with Crippen molar-refractivity contribution in [2.75, 3.05) is 12.3 Å². The number of ether oxygens (including phenoxy) is 1. The van der Waals surface area contributed by atoms with Gasteiger partial charge in [-0.2, -0.15) is 4.98 Å². The number of aromatic nitrogens is 2. The molecule has 0 radical (unpaired) electrons. The van der Waals surface area contributed by atoms with Gasteiger partial charge < -0.3 is 25.4 Å². The van der Waals surface area contributed by atoms with Gasteiger partial charge in [0.1, 0.15) is 18.0 Å². The van der Waals surface area contributed by atoms with Crippen LogP contribution in [0.4, 0.5) is 10.2 Å². The van der Waals surface area contributed by atoms with E-state index >= 15 is 0 Å². The Hall–Kier alpha value is -1.62. The summed E-state index contributed by atoms with van der Waals surface area (Å²) in [5, 5.41) is 10.0. The normalized spacial score (nSPS) is 31.2. The second-order valence-corrected chi connectivity index (χ2v) is 6.07. The highest BCUT2D eigenvalue weighted by Gasteiger charge is 2.57. The summed E-state index contributed by atoms with van der Waals surface area (Å²) >= 11 is 0. The van der Waals surface area contributed by atoms with Crippen molar-refractivity contribution in [3.05, 3.63) is 35.4 Å². The first-order valence-corrected chi connectivity index (χ1v) is 7.82. The molecule has 0 aromatic carbocycles. The lowest BCUT2D eigenvalue weighted by molar-refractivity contribution is -0.0547. The van der Waals surface area contributed by atoms with Gasteiger partial charge in [0.15, 0.2) is 6.23 Å². The first kappa shape index (κ1) is 17.7. The van der Waals surface area contributed by atoms with Crippen LogP contribution in [0.2, 0.25) is 0 Å². The van der Waals surface area contributed by atoms with E-state index in [0.717, 1.165) is 16.8 Å². The van der Waals surface area contributed by atoms with Gasteiger partial charge in [-0.25, -0.2) is 13.8 Å². The molecule has 1 aromatic rings. The maximum Gasteiger partial charge on any atom is 0.469 e. The molecule has 128 valence electrons. The third-order valence-electron chi connectivity index (χ3n) is 3.31. The monoisotopic (exact) mass is 351 g/mol. The number of nitrogen functional groups attached to an aromatic ring is 1. The molecule has 1 unspecified atom stereocenters. The summed E-state index contributed by atoms with van der Waals surface area (Å²) in [4.78, 5) is 32.6. The van der Waals surface area contributed by atoms with Crippen molar-refractivity contribution in [3.8, 4) is 0 Å². The number of halogens is 1. The Bertz CT molecular complexity index is 707. The van der Waals surface area contributed by atoms with Gasteiger partial charge in [0.05, 0.1) is 6.61 Å². The van der Waals surface area contributed by atoms with Crippen molar-refractivity contribution >= 4 is 13.6 Å². The third-order valence-corrected chi connectivity index (χ3v) is 3.80. The van der Waals surface area contributed by atoms with Crippen LogP contribution in [0.5, 0.6) is 0 Å². The van der Waals surface area contributed by atoms with Gasteiger partial charge in [0, 0.05) is 6.20 Å². The molecule has 10 nitrogen and oxygen atoms in total. The van der Waals surface area contributed by atoms with Gasteiger partial charge in [-0.05, 0) is 12.1 Å². The Balaban J connectivity index is 2.34. The number of anilines is 1. The second-order valence-electron chi connectivity index (χ2n) is 4.83. The van der Waals surface area contributed by atoms with E-state index in [1.54, 1.807) is 0 Å². The van der Waals surface area contributed by atoms with Crippen LogP contribution in [-0.2, 0) is 13.8 Å². The number of nitrogens with zero attached hydrogens (tertiary/aromatic N) is 2. The molecule has 0 spiro atoms. The molecule has 1 aliphatic rings. The minimum atomic E-state index is -4.84. The minimum absolute atomic E-state index is 0.0887. The number of hydrogen-bond donors (Lipinski definition) is 4.